The van der Waals surface area contributed by atoms with Gasteiger partial charge in [-0.1, -0.05) is 23.1 Å². The normalized spacial score (nSPS) is 24.9. The Hall–Kier alpha value is -0.660. The minimum Gasteiger partial charge on any atom is -0.372 e. The fourth-order valence-electron chi connectivity index (χ4n) is 1.82. The van der Waals surface area contributed by atoms with Crippen LogP contribution in [0.2, 0.25) is 0 Å². The highest BCUT2D eigenvalue weighted by Crippen LogP contribution is 2.20. The average molecular weight is 273 g/mol. The number of ether oxygens (including phenoxy) is 1. The van der Waals surface area contributed by atoms with Crippen molar-refractivity contribution in [1.82, 2.24) is 15.1 Å². The van der Waals surface area contributed by atoms with Crippen LogP contribution in [0.3, 0.4) is 0 Å². The third kappa shape index (κ3) is 3.65. The summed E-state index contributed by atoms with van der Waals surface area (Å²) in [6.07, 6.45) is 0.239. The standard InChI is InChI=1S/C10H15N3O2S2/c1-7-3-13(4-8(2)15-7)9(14)5-16-10-12-11-6-17-10/h6-8H,3-5H2,1-2H3/t7-,8-/m0/s1. The van der Waals surface area contributed by atoms with Gasteiger partial charge in [-0.15, -0.1) is 10.2 Å². The SMILES string of the molecule is C[C@H]1CN(C(=O)CSc2nncs2)C[C@H](C)O1. The molecule has 5 nitrogen and oxygen atoms in total. The number of hydrogen-bond donors (Lipinski definition) is 0. The summed E-state index contributed by atoms with van der Waals surface area (Å²) < 4.78 is 6.44. The molecule has 2 rings (SSSR count). The minimum atomic E-state index is 0.120. The fourth-order valence-corrected chi connectivity index (χ4v) is 3.21. The number of rotatable bonds is 3. The molecule has 0 unspecified atom stereocenters. The van der Waals surface area contributed by atoms with E-state index in [1.807, 2.05) is 18.7 Å². The van der Waals surface area contributed by atoms with E-state index in [1.54, 1.807) is 5.51 Å². The predicted molar refractivity (Wildman–Crippen MR) is 67.2 cm³/mol. The Morgan fingerprint density at radius 2 is 2.29 bits per heavy atom. The molecule has 1 aliphatic heterocycles. The molecular weight excluding hydrogens is 258 g/mol. The molecule has 1 aromatic heterocycles. The van der Waals surface area contributed by atoms with E-state index in [0.717, 1.165) is 4.34 Å². The van der Waals surface area contributed by atoms with Crippen molar-refractivity contribution in [2.45, 2.75) is 30.4 Å². The second-order valence-electron chi connectivity index (χ2n) is 4.05. The minimum absolute atomic E-state index is 0.120. The van der Waals surface area contributed by atoms with Gasteiger partial charge in [-0.25, -0.2) is 0 Å². The monoisotopic (exact) mass is 273 g/mol. The molecule has 1 aliphatic rings. The maximum Gasteiger partial charge on any atom is 0.233 e. The van der Waals surface area contributed by atoms with Crippen molar-refractivity contribution in [3.05, 3.63) is 5.51 Å². The molecule has 94 valence electrons. The molecule has 0 saturated carbocycles. The smallest absolute Gasteiger partial charge is 0.233 e. The van der Waals surface area contributed by atoms with Crippen LogP contribution in [0.4, 0.5) is 0 Å². The largest absolute Gasteiger partial charge is 0.372 e. The van der Waals surface area contributed by atoms with Crippen LogP contribution in [-0.4, -0.2) is 52.1 Å². The van der Waals surface area contributed by atoms with E-state index in [9.17, 15) is 4.79 Å². The van der Waals surface area contributed by atoms with Crippen molar-refractivity contribution >= 4 is 29.0 Å². The van der Waals surface area contributed by atoms with Crippen LogP contribution in [0.15, 0.2) is 9.85 Å². The Morgan fingerprint density at radius 1 is 1.59 bits per heavy atom. The van der Waals surface area contributed by atoms with Gasteiger partial charge in [0.05, 0.1) is 18.0 Å². The van der Waals surface area contributed by atoms with Gasteiger partial charge in [0.15, 0.2) is 4.34 Å². The molecule has 1 amide bonds. The predicted octanol–water partition coefficient (Wildman–Crippen LogP) is 1.27. The molecule has 2 heterocycles. The highest BCUT2D eigenvalue weighted by molar-refractivity contribution is 8.01. The van der Waals surface area contributed by atoms with Gasteiger partial charge < -0.3 is 9.64 Å². The highest BCUT2D eigenvalue weighted by Gasteiger charge is 2.25. The summed E-state index contributed by atoms with van der Waals surface area (Å²) in [6, 6.07) is 0. The van der Waals surface area contributed by atoms with E-state index >= 15 is 0 Å². The number of hydrogen-bond acceptors (Lipinski definition) is 6. The maximum absolute atomic E-state index is 12.0. The van der Waals surface area contributed by atoms with Gasteiger partial charge in [0.1, 0.15) is 5.51 Å². The summed E-state index contributed by atoms with van der Waals surface area (Å²) in [5.41, 5.74) is 1.67. The molecule has 1 aromatic rings. The third-order valence-electron chi connectivity index (χ3n) is 2.43. The second kappa shape index (κ2) is 5.79. The average Bonchev–Trinajstić information content (AvgIpc) is 2.77. The zero-order valence-electron chi connectivity index (χ0n) is 9.83. The quantitative estimate of drug-likeness (QED) is 0.776. The fraction of sp³-hybridized carbons (Fsp3) is 0.700. The Labute approximate surface area is 109 Å². The molecule has 1 saturated heterocycles. The molecule has 2 atom stereocenters. The Bertz CT molecular complexity index is 362. The molecule has 1 fully saturated rings. The first-order valence-corrected chi connectivity index (χ1v) is 7.34. The van der Waals surface area contributed by atoms with Gasteiger partial charge in [-0.05, 0) is 13.8 Å². The van der Waals surface area contributed by atoms with E-state index in [4.69, 9.17) is 4.74 Å². The van der Waals surface area contributed by atoms with Crippen LogP contribution in [0.5, 0.6) is 0 Å². The maximum atomic E-state index is 12.0. The van der Waals surface area contributed by atoms with Crippen LogP contribution in [0, 0.1) is 0 Å². The number of morpholine rings is 1. The van der Waals surface area contributed by atoms with E-state index in [-0.39, 0.29) is 18.1 Å². The second-order valence-corrected chi connectivity index (χ2v) is 6.11. The van der Waals surface area contributed by atoms with Crippen LogP contribution in [-0.2, 0) is 9.53 Å². The molecule has 0 radical (unpaired) electrons. The first-order chi connectivity index (χ1) is 8.15. The van der Waals surface area contributed by atoms with Gasteiger partial charge in [0.2, 0.25) is 5.91 Å². The summed E-state index contributed by atoms with van der Waals surface area (Å²) in [6.45, 7) is 5.35. The van der Waals surface area contributed by atoms with E-state index in [0.29, 0.717) is 18.8 Å². The molecule has 0 spiro atoms. The topological polar surface area (TPSA) is 55.3 Å². The van der Waals surface area contributed by atoms with Crippen LogP contribution in [0.1, 0.15) is 13.8 Å². The lowest BCUT2D eigenvalue weighted by atomic mass is 10.2. The summed E-state index contributed by atoms with van der Waals surface area (Å²) in [5, 5.41) is 7.64. The van der Waals surface area contributed by atoms with Crippen molar-refractivity contribution in [3.8, 4) is 0 Å². The summed E-state index contributed by atoms with van der Waals surface area (Å²) in [7, 11) is 0. The summed E-state index contributed by atoms with van der Waals surface area (Å²) >= 11 is 2.90. The molecule has 0 N–H and O–H groups in total. The number of carbonyl (C=O) groups is 1. The van der Waals surface area contributed by atoms with Crippen molar-refractivity contribution in [3.63, 3.8) is 0 Å². The van der Waals surface area contributed by atoms with Crippen molar-refractivity contribution in [2.75, 3.05) is 18.8 Å². The van der Waals surface area contributed by atoms with Gasteiger partial charge >= 0.3 is 0 Å². The van der Waals surface area contributed by atoms with Crippen molar-refractivity contribution in [1.29, 1.82) is 0 Å². The van der Waals surface area contributed by atoms with Gasteiger partial charge in [-0.3, -0.25) is 4.79 Å². The first kappa shape index (κ1) is 12.8. The molecule has 17 heavy (non-hydrogen) atoms. The van der Waals surface area contributed by atoms with Crippen LogP contribution < -0.4 is 0 Å². The van der Waals surface area contributed by atoms with Gasteiger partial charge in [0, 0.05) is 13.1 Å². The van der Waals surface area contributed by atoms with Gasteiger partial charge in [0.25, 0.3) is 0 Å². The Balaban J connectivity index is 1.83. The molecular formula is C10H15N3O2S2. The summed E-state index contributed by atoms with van der Waals surface area (Å²) in [5.74, 6) is 0.571. The summed E-state index contributed by atoms with van der Waals surface area (Å²) in [4.78, 5) is 13.9. The highest BCUT2D eigenvalue weighted by atomic mass is 32.2. The first-order valence-electron chi connectivity index (χ1n) is 5.47. The number of nitrogens with zero attached hydrogens (tertiary/aromatic N) is 3. The van der Waals surface area contributed by atoms with Gasteiger partial charge in [-0.2, -0.15) is 0 Å². The Morgan fingerprint density at radius 3 is 2.88 bits per heavy atom. The molecule has 0 aromatic carbocycles. The lowest BCUT2D eigenvalue weighted by Crippen LogP contribution is -2.48. The molecule has 0 bridgehead atoms. The van der Waals surface area contributed by atoms with Crippen molar-refractivity contribution < 1.29 is 9.53 Å². The lowest BCUT2D eigenvalue weighted by molar-refractivity contribution is -0.140. The Kier molecular flexibility index (Phi) is 4.36. The zero-order valence-corrected chi connectivity index (χ0v) is 11.5. The number of amides is 1. The van der Waals surface area contributed by atoms with Crippen LogP contribution in [0.25, 0.3) is 0 Å². The zero-order chi connectivity index (χ0) is 12.3. The van der Waals surface area contributed by atoms with Crippen LogP contribution >= 0.6 is 23.1 Å². The van der Waals surface area contributed by atoms with E-state index in [2.05, 4.69) is 10.2 Å². The number of aromatic nitrogens is 2. The molecule has 7 heteroatoms. The molecule has 0 aliphatic carbocycles. The lowest BCUT2D eigenvalue weighted by Gasteiger charge is -2.35. The van der Waals surface area contributed by atoms with E-state index < -0.39 is 0 Å². The number of carbonyl (C=O) groups excluding carboxylic acids is 1. The number of thioether (sulfide) groups is 1. The van der Waals surface area contributed by atoms with E-state index in [1.165, 1.54) is 23.1 Å². The van der Waals surface area contributed by atoms with Crippen molar-refractivity contribution in [2.24, 2.45) is 0 Å². The third-order valence-corrected chi connectivity index (χ3v) is 4.28.